The molecule has 0 N–H and O–H groups in total. The second-order valence-electron chi connectivity index (χ2n) is 17.7. The summed E-state index contributed by atoms with van der Waals surface area (Å²) in [6, 6.07) is 74.8. The zero-order chi connectivity index (χ0) is 44.4. The van der Waals surface area contributed by atoms with Crippen LogP contribution in [0.15, 0.2) is 205 Å². The molecule has 67 heavy (non-hydrogen) atoms. The number of anilines is 4. The summed E-state index contributed by atoms with van der Waals surface area (Å²) < 4.78 is 15.6. The molecule has 0 saturated heterocycles. The van der Waals surface area contributed by atoms with E-state index in [0.717, 1.165) is 94.9 Å². The Bertz CT molecular complexity index is 3540. The molecule has 0 amide bonds. The molecule has 0 atom stereocenters. The Hall–Kier alpha value is -7.66. The fraction of sp³-hybridized carbons (Fsp3) is 0.0667. The molecule has 0 fully saturated rings. The molecule has 8 aromatic carbocycles. The van der Waals surface area contributed by atoms with E-state index in [2.05, 4.69) is 218 Å². The van der Waals surface area contributed by atoms with Crippen molar-refractivity contribution in [3.63, 3.8) is 0 Å². The first-order valence-corrected chi connectivity index (χ1v) is 22.3. The second kappa shape index (κ2) is 17.0. The third-order valence-electron chi connectivity index (χ3n) is 12.5. The first-order chi connectivity index (χ1) is 32.4. The van der Waals surface area contributed by atoms with Crippen LogP contribution in [0, 0.1) is 18.8 Å². The fourth-order valence-electron chi connectivity index (χ4n) is 9.28. The summed E-state index contributed by atoms with van der Waals surface area (Å²) in [5.74, 6) is 1.89. The predicted molar refractivity (Wildman–Crippen MR) is 269 cm³/mol. The number of aromatic nitrogens is 2. The van der Waals surface area contributed by atoms with Crippen molar-refractivity contribution in [3.8, 4) is 50.7 Å². The van der Waals surface area contributed by atoms with Crippen LogP contribution in [0.4, 0.5) is 22.7 Å². The number of pyridine rings is 1. The average molecular weight is 1050 g/mol. The summed E-state index contributed by atoms with van der Waals surface area (Å²) in [5, 5.41) is 1.93. The van der Waals surface area contributed by atoms with E-state index >= 15 is 0 Å². The van der Waals surface area contributed by atoms with E-state index in [1.807, 2.05) is 36.5 Å². The Labute approximate surface area is 404 Å². The van der Waals surface area contributed by atoms with Crippen LogP contribution in [0.3, 0.4) is 0 Å². The molecule has 7 heteroatoms. The van der Waals surface area contributed by atoms with E-state index < -0.39 is 0 Å². The molecule has 0 unspecified atom stereocenters. The molecule has 0 bridgehead atoms. The van der Waals surface area contributed by atoms with Gasteiger partial charge >= 0.3 is 0 Å². The minimum absolute atomic E-state index is 0. The van der Waals surface area contributed by atoms with E-state index in [1.54, 1.807) is 0 Å². The number of fused-ring (bicyclic) bond motifs is 6. The quantitative estimate of drug-likeness (QED) is 0.142. The van der Waals surface area contributed by atoms with Crippen LogP contribution in [-0.2, 0) is 26.5 Å². The van der Waals surface area contributed by atoms with Crippen molar-refractivity contribution in [2.24, 2.45) is 0 Å². The van der Waals surface area contributed by atoms with Crippen LogP contribution < -0.4 is 14.5 Å². The second-order valence-corrected chi connectivity index (χ2v) is 17.7. The molecule has 328 valence electrons. The van der Waals surface area contributed by atoms with Gasteiger partial charge in [0.05, 0.1) is 5.52 Å². The Morgan fingerprint density at radius 2 is 1.18 bits per heavy atom. The van der Waals surface area contributed by atoms with E-state index in [1.165, 1.54) is 5.56 Å². The van der Waals surface area contributed by atoms with E-state index in [-0.39, 0.29) is 26.5 Å². The molecule has 4 heterocycles. The minimum atomic E-state index is -0.0761. The molecule has 11 aromatic rings. The SMILES string of the molecule is CC(C)(C)c1ccnc(-n2c3[c-]c(Oc4[c-]c(N5[CH-]N(c6c(-c7ccccc7)cccc6-c6ccccc6)c6ccccc65)cc(-c5ccccc5)c4)ccc3c3oc4ccccc4c32)c1.[Pt]. The molecular formula is C60H43N4O2Pt-3. The first kappa shape index (κ1) is 42.0. The summed E-state index contributed by atoms with van der Waals surface area (Å²) in [7, 11) is 0. The third kappa shape index (κ3) is 7.48. The first-order valence-electron chi connectivity index (χ1n) is 22.3. The summed E-state index contributed by atoms with van der Waals surface area (Å²) in [6.07, 6.45) is 1.89. The Morgan fingerprint density at radius 1 is 0.552 bits per heavy atom. The van der Waals surface area contributed by atoms with Gasteiger partial charge in [-0.1, -0.05) is 165 Å². The van der Waals surface area contributed by atoms with Crippen LogP contribution in [0.1, 0.15) is 26.3 Å². The van der Waals surface area contributed by atoms with Crippen LogP contribution in [0.2, 0.25) is 0 Å². The summed E-state index contributed by atoms with van der Waals surface area (Å²) >= 11 is 0. The fourth-order valence-corrected chi connectivity index (χ4v) is 9.28. The van der Waals surface area contributed by atoms with Gasteiger partial charge in [0.2, 0.25) is 0 Å². The molecule has 1 aliphatic heterocycles. The number of hydrogen-bond donors (Lipinski definition) is 0. The van der Waals surface area contributed by atoms with Crippen LogP contribution in [0.5, 0.6) is 11.5 Å². The van der Waals surface area contributed by atoms with Gasteiger partial charge in [0, 0.05) is 72.3 Å². The number of hydrogen-bond acceptors (Lipinski definition) is 5. The molecule has 0 radical (unpaired) electrons. The van der Waals surface area contributed by atoms with E-state index in [4.69, 9.17) is 14.1 Å². The number of rotatable bonds is 8. The zero-order valence-corrected chi connectivity index (χ0v) is 39.3. The topological polar surface area (TPSA) is 46.7 Å². The number of benzene rings is 8. The largest absolute Gasteiger partial charge is 0.509 e. The van der Waals surface area contributed by atoms with Crippen molar-refractivity contribution in [3.05, 3.63) is 225 Å². The van der Waals surface area contributed by atoms with Crippen molar-refractivity contribution in [2.75, 3.05) is 9.80 Å². The van der Waals surface area contributed by atoms with Gasteiger partial charge in [-0.15, -0.1) is 48.3 Å². The number of para-hydroxylation sites is 4. The average Bonchev–Trinajstić information content (AvgIpc) is 4.03. The van der Waals surface area contributed by atoms with Crippen LogP contribution >= 0.6 is 0 Å². The maximum absolute atomic E-state index is 6.90. The maximum Gasteiger partial charge on any atom is 0.136 e. The normalized spacial score (nSPS) is 12.5. The van der Waals surface area contributed by atoms with E-state index in [9.17, 15) is 0 Å². The number of nitrogens with zero attached hydrogens (tertiary/aromatic N) is 4. The molecule has 0 spiro atoms. The van der Waals surface area contributed by atoms with Crippen LogP contribution in [-0.4, -0.2) is 9.55 Å². The van der Waals surface area contributed by atoms with Gasteiger partial charge in [0.15, 0.2) is 0 Å². The van der Waals surface area contributed by atoms with Crippen molar-refractivity contribution in [1.29, 1.82) is 0 Å². The standard InChI is InChI=1S/C60H43N4O2.Pt/c1-60(2,3)44-32-33-61-56(36-44)64-54-38-46(30-31-50(54)59-58(64)51-24-13-16-29-55(51)66-59)65-47-35-43(40-18-7-4-8-19-40)34-45(37-47)62-39-63(53-28-15-14-27-52(53)62)57-48(41-20-9-5-10-21-41)25-17-26-49(57)42-22-11-6-12-23-42;/h4-36,39H,1-3H3;/q-3;. The molecule has 0 aliphatic carbocycles. The molecule has 1 aliphatic rings. The molecule has 12 rings (SSSR count). The van der Waals surface area contributed by atoms with Gasteiger partial charge in [0.1, 0.15) is 17.0 Å². The third-order valence-corrected chi connectivity index (χ3v) is 12.5. The number of furan rings is 1. The van der Waals surface area contributed by atoms with Gasteiger partial charge < -0.3 is 23.5 Å². The van der Waals surface area contributed by atoms with Crippen molar-refractivity contribution in [1.82, 2.24) is 9.55 Å². The monoisotopic (exact) mass is 1050 g/mol. The Balaban J connectivity index is 0.00000494. The number of ether oxygens (including phenoxy) is 1. The molecule has 6 nitrogen and oxygen atoms in total. The zero-order valence-electron chi connectivity index (χ0n) is 37.1. The van der Waals surface area contributed by atoms with Crippen molar-refractivity contribution < 1.29 is 30.2 Å². The Kier molecular flexibility index (Phi) is 10.6. The van der Waals surface area contributed by atoms with Gasteiger partial charge in [-0.05, 0) is 64.1 Å². The molecular weight excluding hydrogens is 1000 g/mol. The van der Waals surface area contributed by atoms with Gasteiger partial charge in [-0.3, -0.25) is 0 Å². The van der Waals surface area contributed by atoms with Gasteiger partial charge in [-0.2, -0.15) is 6.07 Å². The van der Waals surface area contributed by atoms with Crippen molar-refractivity contribution in [2.45, 2.75) is 26.2 Å². The maximum atomic E-state index is 6.90. The molecule has 3 aromatic heterocycles. The minimum Gasteiger partial charge on any atom is -0.509 e. The summed E-state index contributed by atoms with van der Waals surface area (Å²) in [4.78, 5) is 9.47. The smallest absolute Gasteiger partial charge is 0.136 e. The van der Waals surface area contributed by atoms with Gasteiger partial charge in [0.25, 0.3) is 0 Å². The molecule has 0 saturated carbocycles. The van der Waals surface area contributed by atoms with E-state index in [0.29, 0.717) is 11.5 Å². The Morgan fingerprint density at radius 3 is 1.87 bits per heavy atom. The predicted octanol–water partition coefficient (Wildman–Crippen LogP) is 16.0. The van der Waals surface area contributed by atoms with Crippen LogP contribution in [0.25, 0.3) is 72.2 Å². The van der Waals surface area contributed by atoms with Crippen molar-refractivity contribution >= 4 is 55.7 Å². The van der Waals surface area contributed by atoms with Gasteiger partial charge in [-0.25, -0.2) is 4.98 Å². The summed E-state index contributed by atoms with van der Waals surface area (Å²) in [6.45, 7) is 8.84. The summed E-state index contributed by atoms with van der Waals surface area (Å²) in [5.41, 5.74) is 15.1.